The fraction of sp³-hybridized carbons (Fsp3) is 0.367. The Morgan fingerprint density at radius 1 is 1.12 bits per heavy atom. The Hall–Kier alpha value is -4.22. The minimum absolute atomic E-state index is 0.135. The Labute approximate surface area is 247 Å². The highest BCUT2D eigenvalue weighted by Crippen LogP contribution is 2.30. The Morgan fingerprint density at radius 3 is 2.60 bits per heavy atom. The van der Waals surface area contributed by atoms with Gasteiger partial charge < -0.3 is 14.8 Å². The van der Waals surface area contributed by atoms with Crippen LogP contribution in [0.2, 0.25) is 5.02 Å². The summed E-state index contributed by atoms with van der Waals surface area (Å²) in [6.45, 7) is 5.88. The molecule has 1 amide bonds. The Balaban J connectivity index is 1.74. The molecule has 5 aromatic rings. The lowest BCUT2D eigenvalue weighted by Gasteiger charge is -2.11. The molecule has 12 heteroatoms. The summed E-state index contributed by atoms with van der Waals surface area (Å²) in [5.74, 6) is -0.0794. The second-order valence-corrected chi connectivity index (χ2v) is 11.7. The van der Waals surface area contributed by atoms with Gasteiger partial charge in [0.25, 0.3) is 11.5 Å². The molecule has 0 saturated heterocycles. The summed E-state index contributed by atoms with van der Waals surface area (Å²) in [5, 5.41) is 9.58. The van der Waals surface area contributed by atoms with E-state index in [4.69, 9.17) is 16.7 Å². The van der Waals surface area contributed by atoms with Crippen molar-refractivity contribution in [2.45, 2.75) is 26.9 Å². The third-order valence-corrected chi connectivity index (χ3v) is 7.48. The lowest BCUT2D eigenvalue weighted by molar-refractivity contribution is 0.0951. The molecule has 0 unspecified atom stereocenters. The van der Waals surface area contributed by atoms with Crippen molar-refractivity contribution in [3.63, 3.8) is 0 Å². The van der Waals surface area contributed by atoms with Crippen LogP contribution in [0.25, 0.3) is 33.3 Å². The van der Waals surface area contributed by atoms with Crippen molar-refractivity contribution in [2.75, 3.05) is 27.2 Å². The van der Waals surface area contributed by atoms with E-state index in [2.05, 4.69) is 10.3 Å². The first kappa shape index (κ1) is 29.3. The molecule has 0 aliphatic carbocycles. The lowest BCUT2D eigenvalue weighted by Crippen LogP contribution is -2.38. The highest BCUT2D eigenvalue weighted by atomic mass is 35.5. The van der Waals surface area contributed by atoms with E-state index in [0.717, 1.165) is 21.0 Å². The topological polar surface area (TPSA) is 112 Å². The molecular formula is C30H35ClN8O3. The van der Waals surface area contributed by atoms with Crippen LogP contribution in [-0.2, 0) is 27.2 Å². The summed E-state index contributed by atoms with van der Waals surface area (Å²) in [6.07, 6.45) is 3.46. The normalized spacial score (nSPS) is 11.8. The van der Waals surface area contributed by atoms with E-state index in [1.165, 1.54) is 7.05 Å². The maximum atomic E-state index is 13.7. The van der Waals surface area contributed by atoms with E-state index in [9.17, 15) is 14.4 Å². The number of amides is 1. The number of rotatable bonds is 9. The van der Waals surface area contributed by atoms with Gasteiger partial charge in [-0.05, 0) is 55.9 Å². The molecule has 0 fully saturated rings. The molecular weight excluding hydrogens is 556 g/mol. The molecule has 0 aliphatic rings. The van der Waals surface area contributed by atoms with E-state index in [0.29, 0.717) is 52.6 Å². The van der Waals surface area contributed by atoms with Gasteiger partial charge in [-0.15, -0.1) is 0 Å². The first-order chi connectivity index (χ1) is 20.0. The number of pyridine rings is 1. The van der Waals surface area contributed by atoms with Crippen LogP contribution in [0, 0.1) is 5.92 Å². The highest BCUT2D eigenvalue weighted by Gasteiger charge is 2.25. The first-order valence-electron chi connectivity index (χ1n) is 13.8. The van der Waals surface area contributed by atoms with Crippen LogP contribution in [0.5, 0.6) is 0 Å². The van der Waals surface area contributed by atoms with Crippen molar-refractivity contribution in [3.05, 3.63) is 79.7 Å². The second kappa shape index (κ2) is 11.6. The Morgan fingerprint density at radius 2 is 1.88 bits per heavy atom. The van der Waals surface area contributed by atoms with Gasteiger partial charge >= 0.3 is 5.69 Å². The molecule has 42 heavy (non-hydrogen) atoms. The Kier molecular flexibility index (Phi) is 8.07. The smallest absolute Gasteiger partial charge is 0.332 e. The van der Waals surface area contributed by atoms with Crippen molar-refractivity contribution in [2.24, 2.45) is 20.0 Å². The average molecular weight is 591 g/mol. The van der Waals surface area contributed by atoms with Gasteiger partial charge in [0.05, 0.1) is 23.3 Å². The van der Waals surface area contributed by atoms with Crippen LogP contribution >= 0.6 is 11.6 Å². The van der Waals surface area contributed by atoms with Crippen molar-refractivity contribution < 1.29 is 4.79 Å². The number of nitrogens with zero attached hydrogens (tertiary/aromatic N) is 7. The van der Waals surface area contributed by atoms with Gasteiger partial charge in [-0.25, -0.2) is 4.79 Å². The van der Waals surface area contributed by atoms with Gasteiger partial charge in [0, 0.05) is 56.5 Å². The number of aromatic nitrogens is 6. The number of benzene rings is 1. The molecule has 0 radical (unpaired) electrons. The third-order valence-electron chi connectivity index (χ3n) is 7.24. The quantitative estimate of drug-likeness (QED) is 0.282. The summed E-state index contributed by atoms with van der Waals surface area (Å²) in [6, 6.07) is 9.15. The summed E-state index contributed by atoms with van der Waals surface area (Å²) in [7, 11) is 7.19. The molecule has 4 aromatic heterocycles. The van der Waals surface area contributed by atoms with Crippen LogP contribution in [0.3, 0.4) is 0 Å². The van der Waals surface area contributed by atoms with Crippen molar-refractivity contribution in [1.29, 1.82) is 0 Å². The summed E-state index contributed by atoms with van der Waals surface area (Å²) in [5.41, 5.74) is 2.70. The highest BCUT2D eigenvalue weighted by molar-refractivity contribution is 6.31. The number of nitrogens with one attached hydrogen (secondary N) is 1. The van der Waals surface area contributed by atoms with E-state index < -0.39 is 11.2 Å². The van der Waals surface area contributed by atoms with Crippen molar-refractivity contribution in [3.8, 4) is 11.4 Å². The van der Waals surface area contributed by atoms with Crippen molar-refractivity contribution in [1.82, 2.24) is 38.7 Å². The fourth-order valence-electron chi connectivity index (χ4n) is 5.16. The molecule has 0 spiro atoms. The van der Waals surface area contributed by atoms with Crippen molar-refractivity contribution >= 4 is 39.4 Å². The first-order valence-corrected chi connectivity index (χ1v) is 14.2. The van der Waals surface area contributed by atoms with Gasteiger partial charge in [-0.2, -0.15) is 5.10 Å². The monoisotopic (exact) mass is 590 g/mol. The van der Waals surface area contributed by atoms with Gasteiger partial charge in [0.1, 0.15) is 11.1 Å². The van der Waals surface area contributed by atoms with Crippen LogP contribution in [0.4, 0.5) is 0 Å². The zero-order chi connectivity index (χ0) is 30.3. The predicted octanol–water partition coefficient (Wildman–Crippen LogP) is 3.10. The van der Waals surface area contributed by atoms with E-state index in [-0.39, 0.29) is 18.4 Å². The zero-order valence-corrected chi connectivity index (χ0v) is 25.4. The number of fused-ring (bicyclic) bond motifs is 2. The number of hydrogen-bond acceptors (Lipinski definition) is 6. The molecule has 4 heterocycles. The SMILES string of the molecule is CC(C)Cn1c(=O)n(C)c(=O)c2c(-c3cc(C(=O)NCCN(C)C)cn3C)n(Cc3ccnc4ccc(Cl)cc34)nc21. The van der Waals surface area contributed by atoms with Crippen LogP contribution in [-0.4, -0.2) is 66.5 Å². The molecule has 1 aromatic carbocycles. The minimum atomic E-state index is -0.447. The molecule has 0 aliphatic heterocycles. The largest absolute Gasteiger partial charge is 0.351 e. The Bertz CT molecular complexity index is 1930. The maximum absolute atomic E-state index is 13.7. The van der Waals surface area contributed by atoms with E-state index >= 15 is 0 Å². The van der Waals surface area contributed by atoms with Gasteiger partial charge in [-0.1, -0.05) is 25.4 Å². The van der Waals surface area contributed by atoms with Gasteiger partial charge in [0.2, 0.25) is 0 Å². The van der Waals surface area contributed by atoms with Crippen LogP contribution < -0.4 is 16.6 Å². The van der Waals surface area contributed by atoms with Gasteiger partial charge in [-0.3, -0.25) is 28.4 Å². The lowest BCUT2D eigenvalue weighted by atomic mass is 10.1. The molecule has 5 rings (SSSR count). The molecule has 11 nitrogen and oxygen atoms in total. The number of halogens is 1. The zero-order valence-electron chi connectivity index (χ0n) is 24.7. The van der Waals surface area contributed by atoms with E-state index in [1.54, 1.807) is 33.8 Å². The minimum Gasteiger partial charge on any atom is -0.351 e. The number of carbonyl (C=O) groups excluding carboxylic acids is 1. The summed E-state index contributed by atoms with van der Waals surface area (Å²) in [4.78, 5) is 46.5. The second-order valence-electron chi connectivity index (χ2n) is 11.3. The predicted molar refractivity (Wildman–Crippen MR) is 165 cm³/mol. The van der Waals surface area contributed by atoms with Gasteiger partial charge in [0.15, 0.2) is 5.65 Å². The fourth-order valence-corrected chi connectivity index (χ4v) is 5.33. The molecule has 1 N–H and O–H groups in total. The molecule has 0 bridgehead atoms. The molecule has 0 saturated carbocycles. The third kappa shape index (κ3) is 5.49. The summed E-state index contributed by atoms with van der Waals surface area (Å²) >= 11 is 6.34. The molecule has 0 atom stereocenters. The maximum Gasteiger partial charge on any atom is 0.332 e. The number of likely N-dealkylation sites (N-methyl/N-ethyl adjacent to an activating group) is 1. The number of aryl methyl sites for hydroxylation is 1. The standard InChI is InChI=1S/C30H35ClN8O3/c1-18(2)15-38-27-25(29(41)37(6)30(38)42)26(24-13-20(16-36(24)5)28(40)33-11-12-35(3)4)39(34-27)17-19-9-10-32-23-8-7-21(31)14-22(19)23/h7-10,13-14,16,18H,11-12,15,17H2,1-6H3,(H,33,40). The molecule has 220 valence electrons. The van der Waals surface area contributed by atoms with Crippen LogP contribution in [0.15, 0.2) is 52.3 Å². The average Bonchev–Trinajstić information content (AvgIpc) is 3.50. The van der Waals surface area contributed by atoms with Crippen LogP contribution in [0.1, 0.15) is 29.8 Å². The number of hydrogen-bond donors (Lipinski definition) is 1. The van der Waals surface area contributed by atoms with E-state index in [1.807, 2.05) is 62.7 Å². The summed E-state index contributed by atoms with van der Waals surface area (Å²) < 4.78 is 6.23. The number of carbonyl (C=O) groups is 1.